The second-order valence-electron chi connectivity index (χ2n) is 7.89. The van der Waals surface area contributed by atoms with Gasteiger partial charge in [0.25, 0.3) is 0 Å². The Morgan fingerprint density at radius 1 is 0.909 bits per heavy atom. The lowest BCUT2D eigenvalue weighted by molar-refractivity contribution is 0.177. The van der Waals surface area contributed by atoms with E-state index in [1.54, 1.807) is 28.2 Å². The van der Waals surface area contributed by atoms with Gasteiger partial charge in [-0.3, -0.25) is 4.90 Å². The van der Waals surface area contributed by atoms with Gasteiger partial charge in [-0.05, 0) is 57.6 Å². The number of benzene rings is 3. The zero-order valence-electron chi connectivity index (χ0n) is 18.2. The van der Waals surface area contributed by atoms with Crippen LogP contribution < -0.4 is 4.74 Å². The lowest BCUT2D eigenvalue weighted by atomic mass is 10.1. The molecular formula is C23H24N6O3S. The average molecular weight is 465 g/mol. The third-order valence-corrected chi connectivity index (χ3v) is 7.80. The summed E-state index contributed by atoms with van der Waals surface area (Å²) >= 11 is 0. The van der Waals surface area contributed by atoms with Crippen molar-refractivity contribution in [3.63, 3.8) is 0 Å². The standard InChI is InChI=1S/C23H24N6O3S/c1-32-21-9-7-20(8-10-21)29-23(24-25-26-29)17-27-12-14-28(15-13-27)33(30,31)22-11-6-18-4-2-3-5-19(18)16-22/h2-11,16H,12-15,17H2,1H3. The molecule has 0 amide bonds. The maximum absolute atomic E-state index is 13.2. The van der Waals surface area contributed by atoms with Gasteiger partial charge in [0.05, 0.1) is 24.2 Å². The molecular weight excluding hydrogens is 440 g/mol. The molecule has 1 aliphatic heterocycles. The van der Waals surface area contributed by atoms with Crippen molar-refractivity contribution in [3.8, 4) is 11.4 Å². The molecule has 5 rings (SSSR count). The molecule has 2 heterocycles. The highest BCUT2D eigenvalue weighted by molar-refractivity contribution is 7.89. The molecule has 170 valence electrons. The first-order valence-corrected chi connectivity index (χ1v) is 12.1. The van der Waals surface area contributed by atoms with Crippen molar-refractivity contribution in [2.75, 3.05) is 33.3 Å². The van der Waals surface area contributed by atoms with Gasteiger partial charge in [-0.25, -0.2) is 8.42 Å². The van der Waals surface area contributed by atoms with Crippen molar-refractivity contribution in [3.05, 3.63) is 72.6 Å². The van der Waals surface area contributed by atoms with Crippen LogP contribution in [0.3, 0.4) is 0 Å². The molecule has 4 aromatic rings. The smallest absolute Gasteiger partial charge is 0.243 e. The first-order valence-electron chi connectivity index (χ1n) is 10.7. The lowest BCUT2D eigenvalue weighted by Crippen LogP contribution is -2.48. The van der Waals surface area contributed by atoms with E-state index in [4.69, 9.17) is 4.74 Å². The molecule has 0 saturated carbocycles. The van der Waals surface area contributed by atoms with Crippen molar-refractivity contribution in [1.82, 2.24) is 29.4 Å². The minimum absolute atomic E-state index is 0.332. The van der Waals surface area contributed by atoms with E-state index >= 15 is 0 Å². The Bertz CT molecular complexity index is 1360. The predicted octanol–water partition coefficient (Wildman–Crippen LogP) is 2.33. The summed E-state index contributed by atoms with van der Waals surface area (Å²) in [5.41, 5.74) is 0.841. The highest BCUT2D eigenvalue weighted by Crippen LogP contribution is 2.23. The Hall–Kier alpha value is -3.34. The van der Waals surface area contributed by atoms with E-state index in [1.807, 2.05) is 54.6 Å². The number of rotatable bonds is 6. The summed E-state index contributed by atoms with van der Waals surface area (Å²) in [5, 5.41) is 14.0. The van der Waals surface area contributed by atoms with E-state index in [1.165, 1.54) is 0 Å². The molecule has 0 atom stereocenters. The number of ether oxygens (including phenoxy) is 1. The van der Waals surface area contributed by atoms with Crippen LogP contribution in [0.25, 0.3) is 16.5 Å². The fraction of sp³-hybridized carbons (Fsp3) is 0.261. The molecule has 0 radical (unpaired) electrons. The SMILES string of the molecule is COc1ccc(-n2nnnc2CN2CCN(S(=O)(=O)c3ccc4ccccc4c3)CC2)cc1. The van der Waals surface area contributed by atoms with Gasteiger partial charge in [-0.1, -0.05) is 30.3 Å². The molecule has 1 aliphatic rings. The minimum Gasteiger partial charge on any atom is -0.497 e. The summed E-state index contributed by atoms with van der Waals surface area (Å²) in [6, 6.07) is 20.6. The quantitative estimate of drug-likeness (QED) is 0.432. The number of fused-ring (bicyclic) bond motifs is 1. The van der Waals surface area contributed by atoms with Gasteiger partial charge in [-0.2, -0.15) is 8.99 Å². The van der Waals surface area contributed by atoms with E-state index in [9.17, 15) is 8.42 Å². The van der Waals surface area contributed by atoms with Crippen LogP contribution in [0.2, 0.25) is 0 Å². The van der Waals surface area contributed by atoms with Gasteiger partial charge >= 0.3 is 0 Å². The highest BCUT2D eigenvalue weighted by Gasteiger charge is 2.29. The van der Waals surface area contributed by atoms with Crippen LogP contribution in [0.15, 0.2) is 71.6 Å². The van der Waals surface area contributed by atoms with Crippen LogP contribution in [0, 0.1) is 0 Å². The first-order chi connectivity index (χ1) is 16.0. The number of hydrogen-bond acceptors (Lipinski definition) is 7. The molecule has 3 aromatic carbocycles. The Morgan fingerprint density at radius 2 is 1.64 bits per heavy atom. The second-order valence-corrected chi connectivity index (χ2v) is 9.83. The summed E-state index contributed by atoms with van der Waals surface area (Å²) in [5.74, 6) is 1.46. The van der Waals surface area contributed by atoms with Crippen molar-refractivity contribution >= 4 is 20.8 Å². The monoisotopic (exact) mass is 464 g/mol. The Labute approximate surface area is 192 Å². The number of piperazine rings is 1. The molecule has 1 fully saturated rings. The normalized spacial score (nSPS) is 15.7. The fourth-order valence-electron chi connectivity index (χ4n) is 4.03. The van der Waals surface area contributed by atoms with Crippen molar-refractivity contribution < 1.29 is 13.2 Å². The summed E-state index contributed by atoms with van der Waals surface area (Å²) in [6.07, 6.45) is 0. The lowest BCUT2D eigenvalue weighted by Gasteiger charge is -2.33. The van der Waals surface area contributed by atoms with Gasteiger partial charge in [-0.15, -0.1) is 5.10 Å². The van der Waals surface area contributed by atoms with E-state index in [0.29, 0.717) is 43.4 Å². The van der Waals surface area contributed by atoms with Crippen LogP contribution in [-0.4, -0.2) is 71.1 Å². The summed E-state index contributed by atoms with van der Waals surface area (Å²) in [7, 11) is -1.93. The Balaban J connectivity index is 1.26. The van der Waals surface area contributed by atoms with E-state index in [-0.39, 0.29) is 0 Å². The number of tetrazole rings is 1. The molecule has 0 N–H and O–H groups in total. The third kappa shape index (κ3) is 4.32. The van der Waals surface area contributed by atoms with E-state index in [2.05, 4.69) is 20.4 Å². The summed E-state index contributed by atoms with van der Waals surface area (Å²) < 4.78 is 34.9. The van der Waals surface area contributed by atoms with Crippen LogP contribution >= 0.6 is 0 Å². The van der Waals surface area contributed by atoms with Crippen molar-refractivity contribution in [2.45, 2.75) is 11.4 Å². The first kappa shape index (κ1) is 21.5. The minimum atomic E-state index is -3.55. The molecule has 1 aromatic heterocycles. The zero-order valence-corrected chi connectivity index (χ0v) is 19.0. The summed E-state index contributed by atoms with van der Waals surface area (Å²) in [4.78, 5) is 2.50. The van der Waals surface area contributed by atoms with Gasteiger partial charge in [0.1, 0.15) is 5.75 Å². The van der Waals surface area contributed by atoms with Crippen LogP contribution in [0.4, 0.5) is 0 Å². The van der Waals surface area contributed by atoms with Crippen molar-refractivity contribution in [1.29, 1.82) is 0 Å². The number of hydrogen-bond donors (Lipinski definition) is 0. The number of nitrogens with zero attached hydrogens (tertiary/aromatic N) is 6. The number of aromatic nitrogens is 4. The predicted molar refractivity (Wildman–Crippen MR) is 124 cm³/mol. The van der Waals surface area contributed by atoms with Crippen molar-refractivity contribution in [2.24, 2.45) is 0 Å². The van der Waals surface area contributed by atoms with Gasteiger partial charge in [0, 0.05) is 26.2 Å². The molecule has 0 spiro atoms. The Kier molecular flexibility index (Phi) is 5.79. The van der Waals surface area contributed by atoms with Gasteiger partial charge in [0.2, 0.25) is 10.0 Å². The van der Waals surface area contributed by atoms with Crippen LogP contribution in [-0.2, 0) is 16.6 Å². The molecule has 0 unspecified atom stereocenters. The van der Waals surface area contributed by atoms with Crippen LogP contribution in [0.5, 0.6) is 5.75 Å². The number of methoxy groups -OCH3 is 1. The second kappa shape index (κ2) is 8.89. The van der Waals surface area contributed by atoms with Crippen LogP contribution in [0.1, 0.15) is 5.82 Å². The molecule has 10 heteroatoms. The molecule has 0 bridgehead atoms. The maximum Gasteiger partial charge on any atom is 0.243 e. The number of sulfonamides is 1. The van der Waals surface area contributed by atoms with Gasteiger partial charge < -0.3 is 4.74 Å². The molecule has 0 aliphatic carbocycles. The maximum atomic E-state index is 13.2. The van der Waals surface area contributed by atoms with E-state index in [0.717, 1.165) is 22.2 Å². The third-order valence-electron chi connectivity index (χ3n) is 5.91. The van der Waals surface area contributed by atoms with Gasteiger partial charge in [0.15, 0.2) is 5.82 Å². The highest BCUT2D eigenvalue weighted by atomic mass is 32.2. The molecule has 33 heavy (non-hydrogen) atoms. The largest absolute Gasteiger partial charge is 0.497 e. The van der Waals surface area contributed by atoms with E-state index < -0.39 is 10.0 Å². The average Bonchev–Trinajstić information content (AvgIpc) is 3.32. The zero-order chi connectivity index (χ0) is 22.8. The molecule has 9 nitrogen and oxygen atoms in total. The summed E-state index contributed by atoms with van der Waals surface area (Å²) in [6.45, 7) is 2.56. The fourth-order valence-corrected chi connectivity index (χ4v) is 5.49. The Morgan fingerprint density at radius 3 is 2.36 bits per heavy atom. The molecule has 1 saturated heterocycles. The topological polar surface area (TPSA) is 93.4 Å².